The predicted octanol–water partition coefficient (Wildman–Crippen LogP) is 2.66. The molecule has 104 valence electrons. The molecule has 3 rings (SSSR count). The van der Waals surface area contributed by atoms with E-state index in [1.807, 2.05) is 6.07 Å². The zero-order valence-corrected chi connectivity index (χ0v) is 11.6. The van der Waals surface area contributed by atoms with Crippen LogP contribution in [0, 0.1) is 5.41 Å². The van der Waals surface area contributed by atoms with E-state index in [0.29, 0.717) is 5.41 Å². The Morgan fingerprint density at radius 1 is 1.21 bits per heavy atom. The third kappa shape index (κ3) is 3.10. The molecule has 0 radical (unpaired) electrons. The topological polar surface area (TPSA) is 38.5 Å². The number of rotatable bonds is 2. The van der Waals surface area contributed by atoms with Gasteiger partial charge in [0.1, 0.15) is 0 Å². The normalized spacial score (nSPS) is 23.6. The van der Waals surface area contributed by atoms with Gasteiger partial charge in [0.15, 0.2) is 0 Å². The zero-order valence-electron chi connectivity index (χ0n) is 11.6. The summed E-state index contributed by atoms with van der Waals surface area (Å²) in [5.41, 5.74) is 8.60. The molecule has 0 aliphatic carbocycles. The lowest BCUT2D eigenvalue weighted by Crippen LogP contribution is -2.45. The van der Waals surface area contributed by atoms with Crippen molar-refractivity contribution < 1.29 is 4.74 Å². The number of nitrogens with two attached hydrogens (primary N) is 1. The smallest absolute Gasteiger partial charge is 0.0471 e. The minimum absolute atomic E-state index is 0.525. The number of likely N-dealkylation sites (tertiary alicyclic amines) is 1. The van der Waals surface area contributed by atoms with Crippen molar-refractivity contribution in [1.82, 2.24) is 4.90 Å². The first-order valence-electron chi connectivity index (χ1n) is 7.40. The molecule has 2 aliphatic rings. The number of ether oxygens (including phenoxy) is 1. The highest BCUT2D eigenvalue weighted by atomic mass is 16.5. The Morgan fingerprint density at radius 3 is 2.84 bits per heavy atom. The highest BCUT2D eigenvalue weighted by Gasteiger charge is 2.36. The van der Waals surface area contributed by atoms with E-state index in [4.69, 9.17) is 10.5 Å². The Labute approximate surface area is 115 Å². The molecule has 2 aliphatic heterocycles. The monoisotopic (exact) mass is 260 g/mol. The van der Waals surface area contributed by atoms with Gasteiger partial charge in [-0.2, -0.15) is 0 Å². The maximum atomic E-state index is 5.86. The molecule has 0 aromatic heterocycles. The lowest BCUT2D eigenvalue weighted by atomic mass is 9.74. The number of piperidine rings is 1. The van der Waals surface area contributed by atoms with Crippen LogP contribution in [-0.2, 0) is 11.3 Å². The van der Waals surface area contributed by atoms with Crippen molar-refractivity contribution in [2.24, 2.45) is 5.41 Å². The van der Waals surface area contributed by atoms with E-state index < -0.39 is 0 Å². The SMILES string of the molecule is Nc1cccc(CN2CCCC3(CCOCC3)C2)c1. The average Bonchev–Trinajstić information content (AvgIpc) is 2.40. The summed E-state index contributed by atoms with van der Waals surface area (Å²) >= 11 is 0. The summed E-state index contributed by atoms with van der Waals surface area (Å²) in [7, 11) is 0. The minimum Gasteiger partial charge on any atom is -0.399 e. The molecule has 2 fully saturated rings. The Kier molecular flexibility index (Phi) is 3.76. The van der Waals surface area contributed by atoms with E-state index in [2.05, 4.69) is 23.1 Å². The Hall–Kier alpha value is -1.06. The van der Waals surface area contributed by atoms with Gasteiger partial charge in [-0.05, 0) is 55.3 Å². The lowest BCUT2D eigenvalue weighted by molar-refractivity contribution is -0.0291. The molecule has 2 saturated heterocycles. The second-order valence-electron chi connectivity index (χ2n) is 6.17. The highest BCUT2D eigenvalue weighted by Crippen LogP contribution is 2.39. The van der Waals surface area contributed by atoms with Gasteiger partial charge < -0.3 is 10.5 Å². The van der Waals surface area contributed by atoms with Crippen molar-refractivity contribution in [1.29, 1.82) is 0 Å². The lowest BCUT2D eigenvalue weighted by Gasteiger charge is -2.45. The van der Waals surface area contributed by atoms with Crippen LogP contribution in [0.4, 0.5) is 5.69 Å². The third-order valence-corrected chi connectivity index (χ3v) is 4.65. The quantitative estimate of drug-likeness (QED) is 0.831. The fraction of sp³-hybridized carbons (Fsp3) is 0.625. The van der Waals surface area contributed by atoms with E-state index in [0.717, 1.165) is 25.4 Å². The summed E-state index contributed by atoms with van der Waals surface area (Å²) in [5, 5.41) is 0. The van der Waals surface area contributed by atoms with Gasteiger partial charge in [-0.1, -0.05) is 12.1 Å². The van der Waals surface area contributed by atoms with Gasteiger partial charge in [-0.25, -0.2) is 0 Å². The molecule has 0 unspecified atom stereocenters. The summed E-state index contributed by atoms with van der Waals surface area (Å²) in [4.78, 5) is 2.60. The van der Waals surface area contributed by atoms with Crippen LogP contribution in [0.15, 0.2) is 24.3 Å². The number of anilines is 1. The maximum Gasteiger partial charge on any atom is 0.0471 e. The highest BCUT2D eigenvalue weighted by molar-refractivity contribution is 5.40. The second kappa shape index (κ2) is 5.51. The molecule has 0 atom stereocenters. The van der Waals surface area contributed by atoms with Gasteiger partial charge in [0.05, 0.1) is 0 Å². The fourth-order valence-corrected chi connectivity index (χ4v) is 3.61. The molecule has 3 heteroatoms. The van der Waals surface area contributed by atoms with Crippen LogP contribution in [-0.4, -0.2) is 31.2 Å². The molecule has 0 saturated carbocycles. The number of nitrogens with zero attached hydrogens (tertiary/aromatic N) is 1. The van der Waals surface area contributed by atoms with E-state index >= 15 is 0 Å². The molecular formula is C16H24N2O. The molecule has 1 aromatic rings. The van der Waals surface area contributed by atoms with Crippen LogP contribution >= 0.6 is 0 Å². The van der Waals surface area contributed by atoms with Crippen molar-refractivity contribution in [2.75, 3.05) is 32.0 Å². The second-order valence-corrected chi connectivity index (χ2v) is 6.17. The van der Waals surface area contributed by atoms with E-state index in [1.54, 1.807) is 0 Å². The van der Waals surface area contributed by atoms with Crippen molar-refractivity contribution in [3.8, 4) is 0 Å². The summed E-state index contributed by atoms with van der Waals surface area (Å²) < 4.78 is 5.53. The molecule has 0 bridgehead atoms. The minimum atomic E-state index is 0.525. The van der Waals surface area contributed by atoms with Gasteiger partial charge in [0.25, 0.3) is 0 Å². The molecule has 3 nitrogen and oxygen atoms in total. The third-order valence-electron chi connectivity index (χ3n) is 4.65. The Bertz CT molecular complexity index is 421. The van der Waals surface area contributed by atoms with Crippen LogP contribution in [0.3, 0.4) is 0 Å². The fourth-order valence-electron chi connectivity index (χ4n) is 3.61. The standard InChI is InChI=1S/C16H24N2O/c17-15-4-1-3-14(11-15)12-18-8-2-5-16(13-18)6-9-19-10-7-16/h1,3-4,11H,2,5-10,12-13,17H2. The van der Waals surface area contributed by atoms with Crippen molar-refractivity contribution in [2.45, 2.75) is 32.2 Å². The molecular weight excluding hydrogens is 236 g/mol. The number of hydrogen-bond donors (Lipinski definition) is 1. The average molecular weight is 260 g/mol. The molecule has 19 heavy (non-hydrogen) atoms. The van der Waals surface area contributed by atoms with Crippen molar-refractivity contribution in [3.05, 3.63) is 29.8 Å². The van der Waals surface area contributed by atoms with E-state index in [-0.39, 0.29) is 0 Å². The molecule has 2 heterocycles. The molecule has 1 aromatic carbocycles. The molecule has 1 spiro atoms. The van der Waals surface area contributed by atoms with Gasteiger partial charge in [0, 0.05) is 32.0 Å². The van der Waals surface area contributed by atoms with Crippen LogP contribution in [0.5, 0.6) is 0 Å². The van der Waals surface area contributed by atoms with Gasteiger partial charge in [-0.3, -0.25) is 4.90 Å². The van der Waals surface area contributed by atoms with Gasteiger partial charge >= 0.3 is 0 Å². The molecule has 2 N–H and O–H groups in total. The first kappa shape index (κ1) is 12.9. The number of nitrogen functional groups attached to an aromatic ring is 1. The van der Waals surface area contributed by atoms with Crippen LogP contribution in [0.25, 0.3) is 0 Å². The molecule has 0 amide bonds. The van der Waals surface area contributed by atoms with Gasteiger partial charge in [-0.15, -0.1) is 0 Å². The number of benzene rings is 1. The maximum absolute atomic E-state index is 5.86. The van der Waals surface area contributed by atoms with Crippen LogP contribution in [0.1, 0.15) is 31.2 Å². The first-order valence-corrected chi connectivity index (χ1v) is 7.40. The van der Waals surface area contributed by atoms with E-state index in [9.17, 15) is 0 Å². The van der Waals surface area contributed by atoms with Crippen molar-refractivity contribution >= 4 is 5.69 Å². The summed E-state index contributed by atoms with van der Waals surface area (Å²) in [6, 6.07) is 8.30. The summed E-state index contributed by atoms with van der Waals surface area (Å²) in [5.74, 6) is 0. The van der Waals surface area contributed by atoms with Crippen LogP contribution < -0.4 is 5.73 Å². The largest absolute Gasteiger partial charge is 0.399 e. The van der Waals surface area contributed by atoms with E-state index in [1.165, 1.54) is 44.3 Å². The van der Waals surface area contributed by atoms with Gasteiger partial charge in [0.2, 0.25) is 0 Å². The first-order chi connectivity index (χ1) is 9.26. The Balaban J connectivity index is 1.65. The number of hydrogen-bond acceptors (Lipinski definition) is 3. The predicted molar refractivity (Wildman–Crippen MR) is 77.9 cm³/mol. The Morgan fingerprint density at radius 2 is 2.05 bits per heavy atom. The summed E-state index contributed by atoms with van der Waals surface area (Å²) in [6.07, 6.45) is 5.17. The zero-order chi connectivity index (χ0) is 13.1. The van der Waals surface area contributed by atoms with Crippen LogP contribution in [0.2, 0.25) is 0 Å². The van der Waals surface area contributed by atoms with Crippen molar-refractivity contribution in [3.63, 3.8) is 0 Å². The summed E-state index contributed by atoms with van der Waals surface area (Å²) in [6.45, 7) is 5.38.